The van der Waals surface area contributed by atoms with Crippen molar-refractivity contribution in [2.75, 3.05) is 23.4 Å². The lowest BCUT2D eigenvalue weighted by molar-refractivity contribution is 1.13. The molecule has 1 aromatic heterocycles. The van der Waals surface area contributed by atoms with Crippen LogP contribution in [0.3, 0.4) is 0 Å². The van der Waals surface area contributed by atoms with E-state index in [1.807, 2.05) is 6.92 Å². The van der Waals surface area contributed by atoms with E-state index < -0.39 is 0 Å². The van der Waals surface area contributed by atoms with E-state index in [2.05, 4.69) is 20.6 Å². The van der Waals surface area contributed by atoms with Gasteiger partial charge in [-0.2, -0.15) is 4.37 Å². The Morgan fingerprint density at radius 2 is 2.54 bits per heavy atom. The normalized spacial score (nSPS) is 9.54. The molecule has 0 aliphatic carbocycles. The van der Waals surface area contributed by atoms with Crippen LogP contribution < -0.4 is 5.32 Å². The van der Waals surface area contributed by atoms with Crippen LogP contribution in [0.1, 0.15) is 5.82 Å². The molecule has 1 aromatic rings. The molecule has 0 amide bonds. The number of rotatable bonds is 5. The average Bonchev–Trinajstić information content (AvgIpc) is 2.51. The van der Waals surface area contributed by atoms with Gasteiger partial charge in [0, 0.05) is 23.8 Å². The molecule has 0 aliphatic rings. The molecule has 1 N–H and O–H groups in total. The van der Waals surface area contributed by atoms with Gasteiger partial charge in [-0.3, -0.25) is 0 Å². The molecule has 0 bridgehead atoms. The number of aryl methyl sites for hydroxylation is 1. The number of nitrogens with one attached hydrogen (secondary N) is 1. The molecular weight excluding hydrogens is 202 g/mol. The summed E-state index contributed by atoms with van der Waals surface area (Å²) in [5.74, 6) is 5.18. The Bertz CT molecular complexity index is 290. The van der Waals surface area contributed by atoms with Crippen molar-refractivity contribution in [2.24, 2.45) is 0 Å². The van der Waals surface area contributed by atoms with Gasteiger partial charge in [0.05, 0.1) is 5.75 Å². The zero-order valence-corrected chi connectivity index (χ0v) is 9.04. The summed E-state index contributed by atoms with van der Waals surface area (Å²) >= 11 is 3.13. The highest BCUT2D eigenvalue weighted by molar-refractivity contribution is 7.99. The molecule has 0 radical (unpaired) electrons. The van der Waals surface area contributed by atoms with Crippen molar-refractivity contribution in [3.8, 4) is 12.3 Å². The van der Waals surface area contributed by atoms with Crippen molar-refractivity contribution in [3.05, 3.63) is 5.82 Å². The molecule has 3 nitrogen and oxygen atoms in total. The largest absolute Gasteiger partial charge is 0.359 e. The first-order valence-electron chi connectivity index (χ1n) is 3.88. The molecule has 0 saturated heterocycles. The summed E-state index contributed by atoms with van der Waals surface area (Å²) in [4.78, 5) is 4.18. The summed E-state index contributed by atoms with van der Waals surface area (Å²) in [6.07, 6.45) is 5.11. The molecule has 13 heavy (non-hydrogen) atoms. The molecular formula is C8H11N3S2. The number of terminal acetylenes is 1. The number of aromatic nitrogens is 2. The van der Waals surface area contributed by atoms with Crippen molar-refractivity contribution in [2.45, 2.75) is 6.92 Å². The van der Waals surface area contributed by atoms with Crippen molar-refractivity contribution in [1.82, 2.24) is 9.36 Å². The number of hydrogen-bond donors (Lipinski definition) is 1. The Morgan fingerprint density at radius 1 is 1.69 bits per heavy atom. The smallest absolute Gasteiger partial charge is 0.202 e. The zero-order chi connectivity index (χ0) is 9.52. The highest BCUT2D eigenvalue weighted by Gasteiger charge is 1.97. The van der Waals surface area contributed by atoms with Crippen LogP contribution in [0.5, 0.6) is 0 Å². The highest BCUT2D eigenvalue weighted by Crippen LogP contribution is 2.09. The van der Waals surface area contributed by atoms with E-state index in [1.54, 1.807) is 11.8 Å². The fourth-order valence-electron chi connectivity index (χ4n) is 0.730. The first-order chi connectivity index (χ1) is 6.33. The Kier molecular flexibility index (Phi) is 4.65. The third kappa shape index (κ3) is 4.15. The van der Waals surface area contributed by atoms with Crippen molar-refractivity contribution >= 4 is 28.4 Å². The number of anilines is 1. The first kappa shape index (κ1) is 10.4. The van der Waals surface area contributed by atoms with Gasteiger partial charge in [0.15, 0.2) is 0 Å². The molecule has 0 spiro atoms. The maximum atomic E-state index is 5.11. The topological polar surface area (TPSA) is 37.8 Å². The highest BCUT2D eigenvalue weighted by atomic mass is 32.2. The van der Waals surface area contributed by atoms with Crippen LogP contribution in [0.2, 0.25) is 0 Å². The minimum absolute atomic E-state index is 0.775. The van der Waals surface area contributed by atoms with Crippen LogP contribution in [0.4, 0.5) is 5.13 Å². The molecule has 1 heterocycles. The van der Waals surface area contributed by atoms with E-state index in [0.29, 0.717) is 0 Å². The number of nitrogens with zero attached hydrogens (tertiary/aromatic N) is 2. The molecule has 0 aromatic carbocycles. The Morgan fingerprint density at radius 3 is 3.15 bits per heavy atom. The summed E-state index contributed by atoms with van der Waals surface area (Å²) in [5, 5.41) is 4.07. The van der Waals surface area contributed by atoms with E-state index >= 15 is 0 Å². The van der Waals surface area contributed by atoms with Crippen LogP contribution in [-0.2, 0) is 0 Å². The molecule has 1 rings (SSSR count). The second-order valence-electron chi connectivity index (χ2n) is 2.33. The van der Waals surface area contributed by atoms with Gasteiger partial charge in [0.2, 0.25) is 5.13 Å². The molecule has 0 fully saturated rings. The predicted octanol–water partition coefficient (Wildman–Crippen LogP) is 1.62. The monoisotopic (exact) mass is 213 g/mol. The van der Waals surface area contributed by atoms with Crippen molar-refractivity contribution < 1.29 is 0 Å². The molecule has 70 valence electrons. The van der Waals surface area contributed by atoms with Crippen LogP contribution in [0, 0.1) is 19.3 Å². The van der Waals surface area contributed by atoms with Gasteiger partial charge in [0.25, 0.3) is 0 Å². The maximum Gasteiger partial charge on any atom is 0.202 e. The van der Waals surface area contributed by atoms with Crippen LogP contribution in [0.25, 0.3) is 0 Å². The van der Waals surface area contributed by atoms with Gasteiger partial charge in [-0.05, 0) is 6.92 Å². The van der Waals surface area contributed by atoms with Crippen LogP contribution in [0.15, 0.2) is 0 Å². The molecule has 0 atom stereocenters. The van der Waals surface area contributed by atoms with Gasteiger partial charge in [-0.15, -0.1) is 18.2 Å². The SMILES string of the molecule is C#CCSCCNc1nc(C)ns1. The Labute approximate surface area is 86.5 Å². The number of thioether (sulfide) groups is 1. The molecule has 0 aliphatic heterocycles. The maximum absolute atomic E-state index is 5.11. The third-order valence-corrected chi connectivity index (χ3v) is 2.86. The minimum Gasteiger partial charge on any atom is -0.359 e. The fraction of sp³-hybridized carbons (Fsp3) is 0.500. The Balaban J connectivity index is 2.10. The first-order valence-corrected chi connectivity index (χ1v) is 5.81. The van der Waals surface area contributed by atoms with Crippen molar-refractivity contribution in [1.29, 1.82) is 0 Å². The van der Waals surface area contributed by atoms with Gasteiger partial charge in [-0.1, -0.05) is 5.92 Å². The van der Waals surface area contributed by atoms with Gasteiger partial charge in [-0.25, -0.2) is 4.98 Å². The van der Waals surface area contributed by atoms with Crippen LogP contribution in [-0.4, -0.2) is 27.4 Å². The number of hydrogen-bond acceptors (Lipinski definition) is 5. The second-order valence-corrected chi connectivity index (χ2v) is 4.19. The lowest BCUT2D eigenvalue weighted by Crippen LogP contribution is -2.03. The molecule has 0 unspecified atom stereocenters. The molecule has 5 heteroatoms. The lowest BCUT2D eigenvalue weighted by Gasteiger charge is -1.98. The summed E-state index contributed by atoms with van der Waals surface area (Å²) in [6, 6.07) is 0. The predicted molar refractivity (Wildman–Crippen MR) is 59.3 cm³/mol. The fourth-order valence-corrected chi connectivity index (χ4v) is 1.84. The van der Waals surface area contributed by atoms with Gasteiger partial charge >= 0.3 is 0 Å². The summed E-state index contributed by atoms with van der Waals surface area (Å²) < 4.78 is 4.06. The third-order valence-electron chi connectivity index (χ3n) is 1.24. The summed E-state index contributed by atoms with van der Waals surface area (Å²) in [5.41, 5.74) is 0. The second kappa shape index (κ2) is 5.84. The van der Waals surface area contributed by atoms with E-state index in [1.165, 1.54) is 11.5 Å². The zero-order valence-electron chi connectivity index (χ0n) is 7.41. The summed E-state index contributed by atoms with van der Waals surface area (Å²) in [6.45, 7) is 2.77. The quantitative estimate of drug-likeness (QED) is 0.596. The molecule has 0 saturated carbocycles. The minimum atomic E-state index is 0.775. The van der Waals surface area contributed by atoms with E-state index in [9.17, 15) is 0 Å². The van der Waals surface area contributed by atoms with E-state index in [-0.39, 0.29) is 0 Å². The van der Waals surface area contributed by atoms with Gasteiger partial charge in [0.1, 0.15) is 5.82 Å². The van der Waals surface area contributed by atoms with Crippen LogP contribution >= 0.6 is 23.3 Å². The van der Waals surface area contributed by atoms with Gasteiger partial charge < -0.3 is 5.32 Å². The standard InChI is InChI=1S/C8H11N3S2/c1-3-5-12-6-4-9-8-10-7(2)11-13-8/h1H,4-6H2,2H3,(H,9,10,11). The lowest BCUT2D eigenvalue weighted by atomic mass is 10.7. The average molecular weight is 213 g/mol. The summed E-state index contributed by atoms with van der Waals surface area (Å²) in [7, 11) is 0. The van der Waals surface area contributed by atoms with E-state index in [4.69, 9.17) is 6.42 Å². The van der Waals surface area contributed by atoms with Crippen molar-refractivity contribution in [3.63, 3.8) is 0 Å². The van der Waals surface area contributed by atoms with E-state index in [0.717, 1.165) is 29.0 Å². The Hall–Kier alpha value is -0.730.